The first-order valence-electron chi connectivity index (χ1n) is 6.23. The van der Waals surface area contributed by atoms with Crippen LogP contribution in [0.2, 0.25) is 0 Å². The largest absolute Gasteiger partial charge is 0.355 e. The highest BCUT2D eigenvalue weighted by Crippen LogP contribution is 2.20. The van der Waals surface area contributed by atoms with E-state index in [1.165, 1.54) is 0 Å². The van der Waals surface area contributed by atoms with Crippen molar-refractivity contribution in [3.63, 3.8) is 0 Å². The van der Waals surface area contributed by atoms with Crippen LogP contribution in [-0.4, -0.2) is 42.6 Å². The number of nitrogens with zero attached hydrogens (tertiary/aromatic N) is 3. The average molecular weight is 249 g/mol. The lowest BCUT2D eigenvalue weighted by Gasteiger charge is -2.24. The second-order valence-corrected chi connectivity index (χ2v) is 4.36. The van der Waals surface area contributed by atoms with Gasteiger partial charge in [0.1, 0.15) is 12.1 Å². The highest BCUT2D eigenvalue weighted by Gasteiger charge is 2.18. The lowest BCUT2D eigenvalue weighted by Crippen LogP contribution is -2.37. The summed E-state index contributed by atoms with van der Waals surface area (Å²) in [7, 11) is 1.88. The summed E-state index contributed by atoms with van der Waals surface area (Å²) in [6, 6.07) is 0. The van der Waals surface area contributed by atoms with E-state index in [9.17, 15) is 4.79 Å². The molecule has 0 atom stereocenters. The number of amides is 1. The average Bonchev–Trinajstić information content (AvgIpc) is 2.38. The maximum absolute atomic E-state index is 11.6. The molecular formula is C12H19N5O. The SMILES string of the molecule is CCNC(=O)CN(C)c1ncnc2c1CNCC2. The molecule has 6 nitrogen and oxygen atoms in total. The van der Waals surface area contributed by atoms with Gasteiger partial charge in [0.15, 0.2) is 0 Å². The van der Waals surface area contributed by atoms with Crippen molar-refractivity contribution in [3.05, 3.63) is 17.6 Å². The number of anilines is 1. The number of nitrogens with one attached hydrogen (secondary N) is 2. The molecule has 2 rings (SSSR count). The Morgan fingerprint density at radius 1 is 1.56 bits per heavy atom. The molecule has 1 aromatic heterocycles. The molecule has 1 aliphatic rings. The molecule has 1 amide bonds. The third-order valence-electron chi connectivity index (χ3n) is 2.97. The molecule has 2 N–H and O–H groups in total. The number of fused-ring (bicyclic) bond motifs is 1. The van der Waals surface area contributed by atoms with Gasteiger partial charge in [-0.25, -0.2) is 9.97 Å². The number of rotatable bonds is 4. The smallest absolute Gasteiger partial charge is 0.239 e. The molecule has 0 aromatic carbocycles. The van der Waals surface area contributed by atoms with Crippen LogP contribution in [-0.2, 0) is 17.8 Å². The third kappa shape index (κ3) is 2.76. The predicted octanol–water partition coefficient (Wildman–Crippen LogP) is -0.305. The molecular weight excluding hydrogens is 230 g/mol. The van der Waals surface area contributed by atoms with Gasteiger partial charge in [0, 0.05) is 38.7 Å². The van der Waals surface area contributed by atoms with Crippen LogP contribution in [0.4, 0.5) is 5.82 Å². The van der Waals surface area contributed by atoms with Crippen molar-refractivity contribution in [3.8, 4) is 0 Å². The van der Waals surface area contributed by atoms with Crippen LogP contribution >= 0.6 is 0 Å². The van der Waals surface area contributed by atoms with Crippen molar-refractivity contribution in [2.24, 2.45) is 0 Å². The molecule has 1 aromatic rings. The van der Waals surface area contributed by atoms with Gasteiger partial charge in [0.2, 0.25) is 5.91 Å². The van der Waals surface area contributed by atoms with Gasteiger partial charge >= 0.3 is 0 Å². The zero-order chi connectivity index (χ0) is 13.0. The number of carbonyl (C=O) groups is 1. The van der Waals surface area contributed by atoms with Crippen molar-refractivity contribution in [2.45, 2.75) is 19.9 Å². The lowest BCUT2D eigenvalue weighted by molar-refractivity contribution is -0.119. The molecule has 0 spiro atoms. The molecule has 0 bridgehead atoms. The van der Waals surface area contributed by atoms with Crippen molar-refractivity contribution < 1.29 is 4.79 Å². The minimum Gasteiger partial charge on any atom is -0.355 e. The summed E-state index contributed by atoms with van der Waals surface area (Å²) in [5.74, 6) is 0.856. The zero-order valence-corrected chi connectivity index (χ0v) is 10.9. The quantitative estimate of drug-likeness (QED) is 0.766. The summed E-state index contributed by atoms with van der Waals surface area (Å²) in [6.45, 7) is 4.59. The molecule has 0 aliphatic carbocycles. The van der Waals surface area contributed by atoms with Gasteiger partial charge in [-0.05, 0) is 6.92 Å². The number of likely N-dealkylation sites (N-methyl/N-ethyl adjacent to an activating group) is 2. The number of aromatic nitrogens is 2. The van der Waals surface area contributed by atoms with Crippen LogP contribution in [0.15, 0.2) is 6.33 Å². The number of carbonyl (C=O) groups excluding carboxylic acids is 1. The molecule has 0 unspecified atom stereocenters. The Bertz CT molecular complexity index is 434. The summed E-state index contributed by atoms with van der Waals surface area (Å²) in [4.78, 5) is 22.1. The van der Waals surface area contributed by atoms with Crippen LogP contribution in [0.1, 0.15) is 18.2 Å². The van der Waals surface area contributed by atoms with Gasteiger partial charge in [-0.3, -0.25) is 4.79 Å². The molecule has 0 fully saturated rings. The van der Waals surface area contributed by atoms with Gasteiger partial charge in [0.05, 0.1) is 12.2 Å². The van der Waals surface area contributed by atoms with Gasteiger partial charge in [-0.1, -0.05) is 0 Å². The lowest BCUT2D eigenvalue weighted by atomic mass is 10.1. The van der Waals surface area contributed by atoms with Crippen LogP contribution in [0.5, 0.6) is 0 Å². The fourth-order valence-electron chi connectivity index (χ4n) is 2.13. The minimum atomic E-state index is 0.0103. The van der Waals surface area contributed by atoms with E-state index in [1.54, 1.807) is 6.33 Å². The van der Waals surface area contributed by atoms with E-state index < -0.39 is 0 Å². The maximum Gasteiger partial charge on any atom is 0.239 e. The Balaban J connectivity index is 2.15. The molecule has 6 heteroatoms. The van der Waals surface area contributed by atoms with Crippen LogP contribution in [0.3, 0.4) is 0 Å². The summed E-state index contributed by atoms with van der Waals surface area (Å²) in [6.07, 6.45) is 2.49. The Labute approximate surface area is 107 Å². The fraction of sp³-hybridized carbons (Fsp3) is 0.583. The van der Waals surface area contributed by atoms with E-state index in [-0.39, 0.29) is 5.91 Å². The maximum atomic E-state index is 11.6. The first-order valence-corrected chi connectivity index (χ1v) is 6.23. The molecule has 0 radical (unpaired) electrons. The molecule has 1 aliphatic heterocycles. The minimum absolute atomic E-state index is 0.0103. The van der Waals surface area contributed by atoms with Crippen LogP contribution in [0.25, 0.3) is 0 Å². The van der Waals surface area contributed by atoms with E-state index in [0.29, 0.717) is 13.1 Å². The standard InChI is InChI=1S/C12H19N5O/c1-3-14-11(18)7-17(2)12-9-6-13-5-4-10(9)15-8-16-12/h8,13H,3-7H2,1-2H3,(H,14,18). The summed E-state index contributed by atoms with van der Waals surface area (Å²) >= 11 is 0. The zero-order valence-electron chi connectivity index (χ0n) is 10.9. The second-order valence-electron chi connectivity index (χ2n) is 4.36. The van der Waals surface area contributed by atoms with Crippen LogP contribution in [0, 0.1) is 0 Å². The first-order chi connectivity index (χ1) is 8.72. The fourth-order valence-corrected chi connectivity index (χ4v) is 2.13. The summed E-state index contributed by atoms with van der Waals surface area (Å²) < 4.78 is 0. The predicted molar refractivity (Wildman–Crippen MR) is 69.4 cm³/mol. The Morgan fingerprint density at radius 2 is 2.39 bits per heavy atom. The van der Waals surface area contributed by atoms with Crippen molar-refractivity contribution >= 4 is 11.7 Å². The molecule has 0 saturated heterocycles. The van der Waals surface area contributed by atoms with E-state index in [4.69, 9.17) is 0 Å². The Morgan fingerprint density at radius 3 is 3.17 bits per heavy atom. The Hall–Kier alpha value is -1.69. The number of hydrogen-bond donors (Lipinski definition) is 2. The number of hydrogen-bond acceptors (Lipinski definition) is 5. The van der Waals surface area contributed by atoms with Crippen molar-refractivity contribution in [1.82, 2.24) is 20.6 Å². The van der Waals surface area contributed by atoms with E-state index in [2.05, 4.69) is 20.6 Å². The third-order valence-corrected chi connectivity index (χ3v) is 2.97. The molecule has 18 heavy (non-hydrogen) atoms. The molecule has 0 saturated carbocycles. The van der Waals surface area contributed by atoms with E-state index in [1.807, 2.05) is 18.9 Å². The van der Waals surface area contributed by atoms with E-state index >= 15 is 0 Å². The second kappa shape index (κ2) is 5.77. The topological polar surface area (TPSA) is 70.2 Å². The van der Waals surface area contributed by atoms with Gasteiger partial charge in [0.25, 0.3) is 0 Å². The highest BCUT2D eigenvalue weighted by molar-refractivity contribution is 5.81. The van der Waals surface area contributed by atoms with Crippen LogP contribution < -0.4 is 15.5 Å². The molecule has 98 valence electrons. The van der Waals surface area contributed by atoms with Gasteiger partial charge < -0.3 is 15.5 Å². The highest BCUT2D eigenvalue weighted by atomic mass is 16.2. The normalized spacial score (nSPS) is 13.9. The molecule has 2 heterocycles. The van der Waals surface area contributed by atoms with Crippen molar-refractivity contribution in [1.29, 1.82) is 0 Å². The van der Waals surface area contributed by atoms with Gasteiger partial charge in [-0.15, -0.1) is 0 Å². The summed E-state index contributed by atoms with van der Waals surface area (Å²) in [5.41, 5.74) is 2.19. The van der Waals surface area contributed by atoms with E-state index in [0.717, 1.165) is 36.6 Å². The summed E-state index contributed by atoms with van der Waals surface area (Å²) in [5, 5.41) is 6.09. The first kappa shape index (κ1) is 12.8. The van der Waals surface area contributed by atoms with Gasteiger partial charge in [-0.2, -0.15) is 0 Å². The monoisotopic (exact) mass is 249 g/mol. The van der Waals surface area contributed by atoms with Crippen molar-refractivity contribution in [2.75, 3.05) is 31.6 Å². The Kier molecular flexibility index (Phi) is 4.09.